The summed E-state index contributed by atoms with van der Waals surface area (Å²) in [6.07, 6.45) is 6.11. The number of Topliss-reactive ketones (excluding diaryl/α,β-unsaturated/α-hetero) is 2. The van der Waals surface area contributed by atoms with E-state index in [9.17, 15) is 14.7 Å². The molecule has 4 aromatic heterocycles. The van der Waals surface area contributed by atoms with Crippen molar-refractivity contribution >= 4 is 47.0 Å². The minimum Gasteiger partial charge on any atom is -0.389 e. The van der Waals surface area contributed by atoms with Gasteiger partial charge in [0.25, 0.3) is 0 Å². The third-order valence-corrected chi connectivity index (χ3v) is 7.12. The summed E-state index contributed by atoms with van der Waals surface area (Å²) in [5.41, 5.74) is 3.80. The maximum absolute atomic E-state index is 11.3. The van der Waals surface area contributed by atoms with E-state index in [-0.39, 0.29) is 46.1 Å². The van der Waals surface area contributed by atoms with Crippen LogP contribution in [0.2, 0.25) is 18.8 Å². The predicted octanol–water partition coefficient (Wildman–Crippen LogP) is 4.39. The van der Waals surface area contributed by atoms with Crippen molar-refractivity contribution in [3.8, 4) is 11.3 Å². The maximum Gasteiger partial charge on any atom is 0.171 e. The molecule has 0 bridgehead atoms. The number of β-amino-alcohol motifs (C(OH)–C–C–N with tert-alkyl or cyclic N) is 2. The molecule has 252 valence electrons. The van der Waals surface area contributed by atoms with Gasteiger partial charge < -0.3 is 20.0 Å². The number of aromatic nitrogens is 6. The number of carbonyl (C=O) groups excluding carboxylic acids is 2. The molecule has 2 N–H and O–H groups in total. The molecular formula is C33H46BClN8O4. The van der Waals surface area contributed by atoms with Crippen LogP contribution in [0.15, 0.2) is 61.2 Å². The third-order valence-electron chi connectivity index (χ3n) is 6.91. The lowest BCUT2D eigenvalue weighted by molar-refractivity contribution is 0.100. The van der Waals surface area contributed by atoms with Crippen LogP contribution in [0.25, 0.3) is 11.3 Å². The summed E-state index contributed by atoms with van der Waals surface area (Å²) in [4.78, 5) is 34.3. The highest BCUT2D eigenvalue weighted by Gasteiger charge is 2.26. The average molecular weight is 665 g/mol. The number of anilines is 2. The lowest BCUT2D eigenvalue weighted by Gasteiger charge is -2.36. The lowest BCUT2D eigenvalue weighted by atomic mass is 9.50. The van der Waals surface area contributed by atoms with Crippen molar-refractivity contribution in [2.45, 2.75) is 62.0 Å². The Morgan fingerprint density at radius 2 is 1.21 bits per heavy atom. The summed E-state index contributed by atoms with van der Waals surface area (Å²) >= 11 is 5.56. The Balaban J connectivity index is 0.000000359. The Labute approximate surface area is 283 Å². The van der Waals surface area contributed by atoms with Crippen molar-refractivity contribution in [2.75, 3.05) is 36.0 Å². The number of rotatable bonds is 6. The van der Waals surface area contributed by atoms with Crippen molar-refractivity contribution < 1.29 is 19.8 Å². The molecule has 0 radical (unpaired) electrons. The number of halogens is 1. The molecule has 0 aliphatic carbocycles. The molecule has 2 fully saturated rings. The molecule has 0 amide bonds. The van der Waals surface area contributed by atoms with Crippen LogP contribution in [0.5, 0.6) is 0 Å². The fourth-order valence-corrected chi connectivity index (χ4v) is 4.25. The number of ketones is 2. The van der Waals surface area contributed by atoms with Gasteiger partial charge in [-0.3, -0.25) is 19.6 Å². The third kappa shape index (κ3) is 11.5. The van der Waals surface area contributed by atoms with E-state index in [1.54, 1.807) is 43.7 Å². The van der Waals surface area contributed by atoms with E-state index in [4.69, 9.17) is 16.7 Å². The van der Waals surface area contributed by atoms with Gasteiger partial charge in [-0.25, -0.2) is 0 Å². The zero-order chi connectivity index (χ0) is 31.8. The maximum atomic E-state index is 11.3. The van der Waals surface area contributed by atoms with E-state index in [0.717, 1.165) is 22.7 Å². The van der Waals surface area contributed by atoms with Gasteiger partial charge in [-0.1, -0.05) is 59.1 Å². The minimum absolute atomic E-state index is 0. The summed E-state index contributed by atoms with van der Waals surface area (Å²) in [5.74, 6) is 1.56. The number of nitrogens with zero attached hydrogens (tertiary/aromatic N) is 8. The summed E-state index contributed by atoms with van der Waals surface area (Å²) in [6, 6.07) is 10.8. The van der Waals surface area contributed by atoms with E-state index in [1.807, 2.05) is 28.0 Å². The molecule has 6 rings (SSSR count). The molecule has 0 unspecified atom stereocenters. The smallest absolute Gasteiger partial charge is 0.171 e. The molecule has 4 aromatic rings. The van der Waals surface area contributed by atoms with E-state index in [1.165, 1.54) is 13.1 Å². The molecule has 12 nitrogen and oxygen atoms in total. The van der Waals surface area contributed by atoms with Gasteiger partial charge in [0.2, 0.25) is 0 Å². The second-order valence-electron chi connectivity index (χ2n) is 10.8. The largest absolute Gasteiger partial charge is 0.389 e. The molecular weight excluding hydrogens is 619 g/mol. The highest BCUT2D eigenvalue weighted by Crippen LogP contribution is 2.22. The van der Waals surface area contributed by atoms with Crippen LogP contribution in [0, 0.1) is 0 Å². The highest BCUT2D eigenvalue weighted by molar-refractivity contribution is 6.70. The minimum atomic E-state index is -0.270. The summed E-state index contributed by atoms with van der Waals surface area (Å²) < 4.78 is 0. The van der Waals surface area contributed by atoms with Gasteiger partial charge in [0.15, 0.2) is 35.1 Å². The average Bonchev–Trinajstić information content (AvgIpc) is 2.99. The first-order valence-corrected chi connectivity index (χ1v) is 14.5. The van der Waals surface area contributed by atoms with E-state index < -0.39 is 0 Å². The molecule has 0 aromatic carbocycles. The van der Waals surface area contributed by atoms with Crippen LogP contribution < -0.4 is 15.3 Å². The summed E-state index contributed by atoms with van der Waals surface area (Å²) in [6.45, 7) is 10.1. The second kappa shape index (κ2) is 18.7. The van der Waals surface area contributed by atoms with Crippen LogP contribution in [-0.4, -0.2) is 97.2 Å². The molecule has 2 aliphatic rings. The first kappa shape index (κ1) is 40.7. The number of pyridine rings is 2. The Morgan fingerprint density at radius 1 is 0.723 bits per heavy atom. The number of hydrogen-bond donors (Lipinski definition) is 2. The molecule has 47 heavy (non-hydrogen) atoms. The standard InChI is InChI=1S/C14H14N4O2.C9H12BNO.C7H8ClN3O.3CH4/c1-9(19)10-4-11(6-15-5-10)13-2-3-14(17-16-13)18-7-12(20)8-18;1-7(12)8-4-9(10(2)3)6-11-5-8;8-6-1-2-7(10-9-6)11-3-5(12)4-11;;;/h2-6,12,20H,7-8H2,1H3;4-6H,1-3H3;1-2,5,12H,3-4H2;3*1H4. The summed E-state index contributed by atoms with van der Waals surface area (Å²) in [5, 5.41) is 34.5. The number of aliphatic hydroxyl groups is 2. The lowest BCUT2D eigenvalue weighted by Crippen LogP contribution is -2.51. The quantitative estimate of drug-likeness (QED) is 0.222. The van der Waals surface area contributed by atoms with Gasteiger partial charge in [-0.15, -0.1) is 20.4 Å². The molecule has 2 aliphatic heterocycles. The van der Waals surface area contributed by atoms with Gasteiger partial charge >= 0.3 is 0 Å². The van der Waals surface area contributed by atoms with Crippen molar-refractivity contribution in [3.63, 3.8) is 0 Å². The Hall–Kier alpha value is -4.33. The topological polar surface area (TPSA) is 158 Å². The molecule has 2 saturated heterocycles. The number of carbonyl (C=O) groups is 2. The van der Waals surface area contributed by atoms with Crippen LogP contribution in [-0.2, 0) is 0 Å². The van der Waals surface area contributed by atoms with Crippen molar-refractivity contribution in [1.29, 1.82) is 0 Å². The van der Waals surface area contributed by atoms with E-state index in [0.29, 0.717) is 54.9 Å². The first-order chi connectivity index (χ1) is 21.0. The Morgan fingerprint density at radius 3 is 1.64 bits per heavy atom. The Bertz CT molecular complexity index is 1570. The Kier molecular flexibility index (Phi) is 16.2. The van der Waals surface area contributed by atoms with Gasteiger partial charge in [-0.2, -0.15) is 0 Å². The molecule has 0 spiro atoms. The van der Waals surface area contributed by atoms with Gasteiger partial charge in [0, 0.05) is 67.7 Å². The zero-order valence-electron chi connectivity index (χ0n) is 25.0. The normalized spacial score (nSPS) is 13.3. The van der Waals surface area contributed by atoms with Crippen LogP contribution in [0.1, 0.15) is 56.8 Å². The second-order valence-corrected chi connectivity index (χ2v) is 11.2. The molecule has 6 heterocycles. The van der Waals surface area contributed by atoms with Crippen molar-refractivity contribution in [3.05, 3.63) is 77.5 Å². The van der Waals surface area contributed by atoms with Crippen LogP contribution >= 0.6 is 11.6 Å². The van der Waals surface area contributed by atoms with Gasteiger partial charge in [0.1, 0.15) is 0 Å². The SMILES string of the molecule is C.C.C.CB(C)c1cncc(C(C)=O)c1.CC(=O)c1cncc(-c2ccc(N3CC(O)C3)nn2)c1.OC1CN(c2ccc(Cl)nn2)C1. The van der Waals surface area contributed by atoms with E-state index in [2.05, 4.69) is 44.0 Å². The molecule has 0 saturated carbocycles. The van der Waals surface area contributed by atoms with Crippen LogP contribution in [0.4, 0.5) is 11.6 Å². The molecule has 14 heteroatoms. The van der Waals surface area contributed by atoms with E-state index >= 15 is 0 Å². The van der Waals surface area contributed by atoms with Crippen LogP contribution in [0.3, 0.4) is 0 Å². The van der Waals surface area contributed by atoms with Crippen molar-refractivity contribution in [2.24, 2.45) is 0 Å². The molecule has 0 atom stereocenters. The summed E-state index contributed by atoms with van der Waals surface area (Å²) in [7, 11) is 0. The van der Waals surface area contributed by atoms with Crippen molar-refractivity contribution in [1.82, 2.24) is 30.4 Å². The van der Waals surface area contributed by atoms with Gasteiger partial charge in [0.05, 0.1) is 17.9 Å². The fourth-order valence-electron chi connectivity index (χ4n) is 4.15. The number of hydrogen-bond acceptors (Lipinski definition) is 12. The first-order valence-electron chi connectivity index (χ1n) is 14.1. The zero-order valence-corrected chi connectivity index (χ0v) is 25.8. The monoisotopic (exact) mass is 664 g/mol. The fraction of sp³-hybridized carbons (Fsp3) is 0.394. The predicted molar refractivity (Wildman–Crippen MR) is 190 cm³/mol. The number of aliphatic hydroxyl groups excluding tert-OH is 2. The highest BCUT2D eigenvalue weighted by atomic mass is 35.5. The van der Waals surface area contributed by atoms with Gasteiger partial charge in [-0.05, 0) is 44.2 Å².